The van der Waals surface area contributed by atoms with E-state index < -0.39 is 0 Å². The summed E-state index contributed by atoms with van der Waals surface area (Å²) in [5.41, 5.74) is 0. The molecule has 2 fully saturated rings. The third-order valence-corrected chi connectivity index (χ3v) is 2.56. The van der Waals surface area contributed by atoms with Gasteiger partial charge in [-0.2, -0.15) is 0 Å². The van der Waals surface area contributed by atoms with Crippen LogP contribution in [0.15, 0.2) is 0 Å². The Morgan fingerprint density at radius 3 is 2.67 bits per heavy atom. The molecule has 0 aromatic rings. The number of nitrogens with zero attached hydrogens (tertiary/aromatic N) is 1. The van der Waals surface area contributed by atoms with Crippen LogP contribution in [0.1, 0.15) is 19.8 Å². The average Bonchev–Trinajstić information content (AvgIpc) is 2.63. The van der Waals surface area contributed by atoms with Crippen LogP contribution in [0.4, 0.5) is 0 Å². The lowest BCUT2D eigenvalue weighted by atomic mass is 10.3. The second kappa shape index (κ2) is 3.73. The molecule has 0 aromatic carbocycles. The minimum atomic E-state index is 0.0117. The van der Waals surface area contributed by atoms with Gasteiger partial charge in [0.25, 0.3) is 0 Å². The van der Waals surface area contributed by atoms with Crippen molar-refractivity contribution in [3.63, 3.8) is 0 Å². The Balaban J connectivity index is 1.72. The molecule has 0 bridgehead atoms. The molecule has 2 saturated heterocycles. The van der Waals surface area contributed by atoms with Crippen molar-refractivity contribution in [2.24, 2.45) is 0 Å². The summed E-state index contributed by atoms with van der Waals surface area (Å²) in [5.74, 6) is 0. The summed E-state index contributed by atoms with van der Waals surface area (Å²) in [6.07, 6.45) is 3.03. The fourth-order valence-corrected chi connectivity index (χ4v) is 1.94. The second-order valence-corrected chi connectivity index (χ2v) is 3.67. The van der Waals surface area contributed by atoms with Gasteiger partial charge in [0.15, 0.2) is 6.29 Å². The van der Waals surface area contributed by atoms with Gasteiger partial charge in [-0.15, -0.1) is 0 Å². The van der Waals surface area contributed by atoms with Crippen LogP contribution in [0.5, 0.6) is 0 Å². The van der Waals surface area contributed by atoms with Crippen molar-refractivity contribution in [2.75, 3.05) is 26.2 Å². The molecule has 2 heterocycles. The van der Waals surface area contributed by atoms with Gasteiger partial charge in [-0.1, -0.05) is 0 Å². The molecular formula is C9H17NO2. The van der Waals surface area contributed by atoms with Crippen LogP contribution >= 0.6 is 0 Å². The molecule has 0 N–H and O–H groups in total. The first-order chi connectivity index (χ1) is 5.84. The SMILES string of the molecule is CC1OCC(CN2CCCC2)O1. The molecule has 2 aliphatic heterocycles. The molecule has 3 nitrogen and oxygen atoms in total. The largest absolute Gasteiger partial charge is 0.350 e. The van der Waals surface area contributed by atoms with Crippen LogP contribution in [0.2, 0.25) is 0 Å². The van der Waals surface area contributed by atoms with E-state index in [4.69, 9.17) is 9.47 Å². The molecule has 70 valence electrons. The smallest absolute Gasteiger partial charge is 0.155 e. The van der Waals surface area contributed by atoms with Crippen molar-refractivity contribution >= 4 is 0 Å². The van der Waals surface area contributed by atoms with Gasteiger partial charge in [0, 0.05) is 6.54 Å². The molecule has 2 atom stereocenters. The fourth-order valence-electron chi connectivity index (χ4n) is 1.94. The molecule has 2 rings (SSSR count). The second-order valence-electron chi connectivity index (χ2n) is 3.67. The lowest BCUT2D eigenvalue weighted by molar-refractivity contribution is -0.0460. The maximum absolute atomic E-state index is 5.56. The fraction of sp³-hybridized carbons (Fsp3) is 1.00. The van der Waals surface area contributed by atoms with Crippen molar-refractivity contribution in [1.29, 1.82) is 0 Å². The van der Waals surface area contributed by atoms with Gasteiger partial charge in [0.2, 0.25) is 0 Å². The zero-order valence-electron chi connectivity index (χ0n) is 7.66. The van der Waals surface area contributed by atoms with E-state index in [-0.39, 0.29) is 6.29 Å². The van der Waals surface area contributed by atoms with Crippen molar-refractivity contribution in [1.82, 2.24) is 4.90 Å². The maximum Gasteiger partial charge on any atom is 0.155 e. The van der Waals surface area contributed by atoms with Crippen LogP contribution in [0.3, 0.4) is 0 Å². The third-order valence-electron chi connectivity index (χ3n) is 2.56. The van der Waals surface area contributed by atoms with Crippen molar-refractivity contribution < 1.29 is 9.47 Å². The van der Waals surface area contributed by atoms with Gasteiger partial charge in [-0.3, -0.25) is 0 Å². The van der Waals surface area contributed by atoms with E-state index in [1.54, 1.807) is 0 Å². The maximum atomic E-state index is 5.56. The van der Waals surface area contributed by atoms with Crippen LogP contribution in [-0.2, 0) is 9.47 Å². The normalized spacial score (nSPS) is 37.8. The van der Waals surface area contributed by atoms with E-state index in [9.17, 15) is 0 Å². The molecule has 0 spiro atoms. The highest BCUT2D eigenvalue weighted by atomic mass is 16.7. The van der Waals surface area contributed by atoms with Gasteiger partial charge >= 0.3 is 0 Å². The highest BCUT2D eigenvalue weighted by Gasteiger charge is 2.25. The van der Waals surface area contributed by atoms with Crippen molar-refractivity contribution in [3.05, 3.63) is 0 Å². The molecule has 2 aliphatic rings. The first-order valence-electron chi connectivity index (χ1n) is 4.84. The van der Waals surface area contributed by atoms with Gasteiger partial charge in [-0.05, 0) is 32.9 Å². The Morgan fingerprint density at radius 1 is 1.33 bits per heavy atom. The Bertz CT molecular complexity index is 145. The minimum Gasteiger partial charge on any atom is -0.350 e. The molecule has 0 radical (unpaired) electrons. The zero-order chi connectivity index (χ0) is 8.39. The van der Waals surface area contributed by atoms with Crippen molar-refractivity contribution in [3.8, 4) is 0 Å². The molecule has 0 aliphatic carbocycles. The topological polar surface area (TPSA) is 21.7 Å². The Labute approximate surface area is 73.6 Å². The van der Waals surface area contributed by atoms with E-state index in [0.717, 1.165) is 13.2 Å². The first-order valence-corrected chi connectivity index (χ1v) is 4.84. The summed E-state index contributed by atoms with van der Waals surface area (Å²) in [7, 11) is 0. The predicted octanol–water partition coefficient (Wildman–Crippen LogP) is 0.844. The molecule has 2 unspecified atom stereocenters. The molecule has 0 amide bonds. The highest BCUT2D eigenvalue weighted by Crippen LogP contribution is 2.14. The van der Waals surface area contributed by atoms with Crippen LogP contribution < -0.4 is 0 Å². The number of ether oxygens (including phenoxy) is 2. The Hall–Kier alpha value is -0.120. The molecule has 0 saturated carbocycles. The summed E-state index contributed by atoms with van der Waals surface area (Å²) in [6.45, 7) is 6.29. The molecule has 0 aromatic heterocycles. The lowest BCUT2D eigenvalue weighted by Gasteiger charge is -2.17. The number of hydrogen-bond donors (Lipinski definition) is 0. The molecule has 3 heteroatoms. The van der Waals surface area contributed by atoms with Crippen LogP contribution in [-0.4, -0.2) is 43.5 Å². The number of likely N-dealkylation sites (tertiary alicyclic amines) is 1. The quantitative estimate of drug-likeness (QED) is 0.614. The van der Waals surface area contributed by atoms with Gasteiger partial charge < -0.3 is 14.4 Å². The monoisotopic (exact) mass is 171 g/mol. The number of hydrogen-bond acceptors (Lipinski definition) is 3. The Morgan fingerprint density at radius 2 is 2.08 bits per heavy atom. The first kappa shape index (κ1) is 8.48. The zero-order valence-corrected chi connectivity index (χ0v) is 7.66. The van der Waals surface area contributed by atoms with Crippen molar-refractivity contribution in [2.45, 2.75) is 32.2 Å². The van der Waals surface area contributed by atoms with E-state index >= 15 is 0 Å². The van der Waals surface area contributed by atoms with E-state index in [1.807, 2.05) is 6.92 Å². The summed E-state index contributed by atoms with van der Waals surface area (Å²) < 4.78 is 10.9. The van der Waals surface area contributed by atoms with Gasteiger partial charge in [0.05, 0.1) is 12.7 Å². The summed E-state index contributed by atoms with van der Waals surface area (Å²) >= 11 is 0. The minimum absolute atomic E-state index is 0.0117. The molecular weight excluding hydrogens is 154 g/mol. The molecule has 12 heavy (non-hydrogen) atoms. The van der Waals surface area contributed by atoms with E-state index in [0.29, 0.717) is 6.10 Å². The van der Waals surface area contributed by atoms with E-state index in [2.05, 4.69) is 4.90 Å². The number of rotatable bonds is 2. The summed E-state index contributed by atoms with van der Waals surface area (Å²) in [4.78, 5) is 2.46. The standard InChI is InChI=1S/C9H17NO2/c1-8-11-7-9(12-8)6-10-4-2-3-5-10/h8-9H,2-7H2,1H3. The van der Waals surface area contributed by atoms with E-state index in [1.165, 1.54) is 25.9 Å². The highest BCUT2D eigenvalue weighted by molar-refractivity contribution is 4.73. The third kappa shape index (κ3) is 1.97. The average molecular weight is 171 g/mol. The van der Waals surface area contributed by atoms with Gasteiger partial charge in [-0.25, -0.2) is 0 Å². The van der Waals surface area contributed by atoms with Gasteiger partial charge in [0.1, 0.15) is 0 Å². The summed E-state index contributed by atoms with van der Waals surface area (Å²) in [5, 5.41) is 0. The predicted molar refractivity (Wildman–Crippen MR) is 46.0 cm³/mol. The van der Waals surface area contributed by atoms with Crippen LogP contribution in [0, 0.1) is 0 Å². The Kier molecular flexibility index (Phi) is 2.63. The van der Waals surface area contributed by atoms with Crippen LogP contribution in [0.25, 0.3) is 0 Å². The lowest BCUT2D eigenvalue weighted by Crippen LogP contribution is -2.31. The summed E-state index contributed by atoms with van der Waals surface area (Å²) in [6, 6.07) is 0.